The maximum Gasteiger partial charge on any atom is 0.221 e. The first-order valence-corrected chi connectivity index (χ1v) is 4.87. The van der Waals surface area contributed by atoms with Gasteiger partial charge in [-0.25, -0.2) is 9.37 Å². The molecule has 0 aliphatic heterocycles. The zero-order valence-corrected chi connectivity index (χ0v) is 8.91. The third-order valence-corrected chi connectivity index (χ3v) is 2.16. The highest BCUT2D eigenvalue weighted by Crippen LogP contribution is 2.25. The van der Waals surface area contributed by atoms with Crippen molar-refractivity contribution >= 4 is 17.3 Å². The number of rotatable bonds is 2. The van der Waals surface area contributed by atoms with Crippen LogP contribution in [0.5, 0.6) is 11.6 Å². The van der Waals surface area contributed by atoms with E-state index in [1.54, 1.807) is 12.1 Å². The van der Waals surface area contributed by atoms with Gasteiger partial charge in [-0.2, -0.15) is 0 Å². The van der Waals surface area contributed by atoms with Crippen LogP contribution in [0.4, 0.5) is 10.1 Å². The van der Waals surface area contributed by atoms with Crippen LogP contribution in [0.25, 0.3) is 0 Å². The van der Waals surface area contributed by atoms with Crippen LogP contribution in [0.15, 0.2) is 36.5 Å². The molecule has 3 nitrogen and oxygen atoms in total. The molecular weight excluding hydrogens is 231 g/mol. The minimum Gasteiger partial charge on any atom is -0.439 e. The molecule has 2 rings (SSSR count). The fraction of sp³-hybridized carbons (Fsp3) is 0. The van der Waals surface area contributed by atoms with Crippen molar-refractivity contribution in [2.45, 2.75) is 0 Å². The number of nitrogen functional groups attached to an aromatic ring is 1. The Balaban J connectivity index is 2.24. The van der Waals surface area contributed by atoms with E-state index in [4.69, 9.17) is 22.1 Å². The minimum atomic E-state index is -0.491. The maximum absolute atomic E-state index is 12.9. The van der Waals surface area contributed by atoms with Crippen LogP contribution in [0, 0.1) is 5.82 Å². The van der Waals surface area contributed by atoms with Crippen molar-refractivity contribution in [3.8, 4) is 11.6 Å². The summed E-state index contributed by atoms with van der Waals surface area (Å²) >= 11 is 5.61. The molecular formula is C11H8ClFN2O. The highest BCUT2D eigenvalue weighted by Gasteiger charge is 2.03. The lowest BCUT2D eigenvalue weighted by Crippen LogP contribution is -1.91. The van der Waals surface area contributed by atoms with E-state index in [1.807, 2.05) is 0 Å². The largest absolute Gasteiger partial charge is 0.439 e. The number of halogens is 2. The predicted octanol–water partition coefficient (Wildman–Crippen LogP) is 3.25. The molecule has 0 bridgehead atoms. The molecule has 1 aromatic carbocycles. The van der Waals surface area contributed by atoms with Crippen LogP contribution in [0.1, 0.15) is 0 Å². The molecule has 0 saturated heterocycles. The molecule has 1 aromatic heterocycles. The van der Waals surface area contributed by atoms with Crippen LogP contribution in [0.3, 0.4) is 0 Å². The molecule has 0 atom stereocenters. The molecule has 0 radical (unpaired) electrons. The van der Waals surface area contributed by atoms with E-state index in [0.717, 1.165) is 0 Å². The van der Waals surface area contributed by atoms with Gasteiger partial charge in [0.05, 0.1) is 5.02 Å². The summed E-state index contributed by atoms with van der Waals surface area (Å²) in [6.45, 7) is 0. The maximum atomic E-state index is 12.9. The van der Waals surface area contributed by atoms with E-state index in [1.165, 1.54) is 24.4 Å². The monoisotopic (exact) mass is 238 g/mol. The van der Waals surface area contributed by atoms with Gasteiger partial charge in [0, 0.05) is 24.0 Å². The number of benzene rings is 1. The van der Waals surface area contributed by atoms with E-state index in [2.05, 4.69) is 4.98 Å². The Kier molecular flexibility index (Phi) is 2.92. The van der Waals surface area contributed by atoms with Crippen molar-refractivity contribution in [3.05, 3.63) is 47.4 Å². The number of pyridine rings is 1. The second-order valence-corrected chi connectivity index (χ2v) is 3.51. The molecule has 0 aliphatic rings. The lowest BCUT2D eigenvalue weighted by molar-refractivity contribution is 0.461. The number of nitrogens with two attached hydrogens (primary N) is 1. The van der Waals surface area contributed by atoms with Gasteiger partial charge in [0.15, 0.2) is 0 Å². The minimum absolute atomic E-state index is 0.00130. The number of hydrogen-bond donors (Lipinski definition) is 1. The first-order chi connectivity index (χ1) is 7.65. The number of hydrogen-bond acceptors (Lipinski definition) is 3. The zero-order chi connectivity index (χ0) is 11.5. The molecule has 0 spiro atoms. The highest BCUT2D eigenvalue weighted by atomic mass is 35.5. The van der Waals surface area contributed by atoms with Crippen molar-refractivity contribution in [2.75, 3.05) is 5.73 Å². The van der Waals surface area contributed by atoms with Gasteiger partial charge >= 0.3 is 0 Å². The fourth-order valence-electron chi connectivity index (χ4n) is 1.14. The van der Waals surface area contributed by atoms with E-state index < -0.39 is 5.82 Å². The quantitative estimate of drug-likeness (QED) is 0.874. The molecule has 5 heteroatoms. The molecule has 0 fully saturated rings. The molecule has 82 valence electrons. The Hall–Kier alpha value is -1.81. The SMILES string of the molecule is Nc1ccnc(Oc2ccc(F)c(Cl)c2)c1. The van der Waals surface area contributed by atoms with Crippen LogP contribution in [-0.2, 0) is 0 Å². The Bertz CT molecular complexity index is 519. The Labute approximate surface area is 96.6 Å². The zero-order valence-electron chi connectivity index (χ0n) is 8.15. The predicted molar refractivity (Wildman–Crippen MR) is 60.1 cm³/mol. The molecule has 0 amide bonds. The third kappa shape index (κ3) is 2.41. The van der Waals surface area contributed by atoms with Crippen LogP contribution in [0.2, 0.25) is 5.02 Å². The number of nitrogens with zero attached hydrogens (tertiary/aromatic N) is 1. The summed E-state index contributed by atoms with van der Waals surface area (Å²) in [7, 11) is 0. The lowest BCUT2D eigenvalue weighted by Gasteiger charge is -2.05. The van der Waals surface area contributed by atoms with Crippen molar-refractivity contribution < 1.29 is 9.13 Å². The first-order valence-electron chi connectivity index (χ1n) is 4.49. The van der Waals surface area contributed by atoms with Crippen LogP contribution in [-0.4, -0.2) is 4.98 Å². The number of anilines is 1. The summed E-state index contributed by atoms with van der Waals surface area (Å²) in [4.78, 5) is 3.95. The second kappa shape index (κ2) is 4.37. The Morgan fingerprint density at radius 3 is 2.75 bits per heavy atom. The highest BCUT2D eigenvalue weighted by molar-refractivity contribution is 6.30. The van der Waals surface area contributed by atoms with E-state index >= 15 is 0 Å². The summed E-state index contributed by atoms with van der Waals surface area (Å²) in [6, 6.07) is 7.28. The van der Waals surface area contributed by atoms with Crippen LogP contribution < -0.4 is 10.5 Å². The summed E-state index contributed by atoms with van der Waals surface area (Å²) in [6.07, 6.45) is 1.52. The van der Waals surface area contributed by atoms with Gasteiger partial charge in [-0.05, 0) is 18.2 Å². The molecule has 16 heavy (non-hydrogen) atoms. The van der Waals surface area contributed by atoms with Gasteiger partial charge in [0.25, 0.3) is 0 Å². The number of ether oxygens (including phenoxy) is 1. The van der Waals surface area contributed by atoms with Crippen molar-refractivity contribution in [1.82, 2.24) is 4.98 Å². The van der Waals surface area contributed by atoms with Crippen LogP contribution >= 0.6 is 11.6 Å². The summed E-state index contributed by atoms with van der Waals surface area (Å²) in [5.74, 6) is 0.252. The average Bonchev–Trinajstić information content (AvgIpc) is 2.24. The molecule has 0 aliphatic carbocycles. The molecule has 2 aromatic rings. The van der Waals surface area contributed by atoms with Crippen molar-refractivity contribution in [3.63, 3.8) is 0 Å². The molecule has 2 N–H and O–H groups in total. The molecule has 0 unspecified atom stereocenters. The third-order valence-electron chi connectivity index (χ3n) is 1.87. The summed E-state index contributed by atoms with van der Waals surface area (Å²) in [5.41, 5.74) is 6.10. The lowest BCUT2D eigenvalue weighted by atomic mass is 10.3. The summed E-state index contributed by atoms with van der Waals surface area (Å²) < 4.78 is 18.2. The normalized spacial score (nSPS) is 10.1. The van der Waals surface area contributed by atoms with Crippen molar-refractivity contribution in [1.29, 1.82) is 0 Å². The van der Waals surface area contributed by atoms with Crippen molar-refractivity contribution in [2.24, 2.45) is 0 Å². The Morgan fingerprint density at radius 1 is 1.25 bits per heavy atom. The van der Waals surface area contributed by atoms with Gasteiger partial charge < -0.3 is 10.5 Å². The van der Waals surface area contributed by atoms with Gasteiger partial charge in [0.1, 0.15) is 11.6 Å². The summed E-state index contributed by atoms with van der Waals surface area (Å²) in [5, 5.41) is 0.00130. The smallest absolute Gasteiger partial charge is 0.221 e. The average molecular weight is 239 g/mol. The van der Waals surface area contributed by atoms with E-state index in [0.29, 0.717) is 17.3 Å². The van der Waals surface area contributed by atoms with E-state index in [9.17, 15) is 4.39 Å². The topological polar surface area (TPSA) is 48.1 Å². The first kappa shape index (κ1) is 10.7. The molecule has 1 heterocycles. The number of aromatic nitrogens is 1. The van der Waals surface area contributed by atoms with Gasteiger partial charge in [-0.15, -0.1) is 0 Å². The fourth-order valence-corrected chi connectivity index (χ4v) is 1.31. The van der Waals surface area contributed by atoms with Gasteiger partial charge in [-0.1, -0.05) is 11.6 Å². The second-order valence-electron chi connectivity index (χ2n) is 3.11. The van der Waals surface area contributed by atoms with E-state index in [-0.39, 0.29) is 5.02 Å². The molecule has 0 saturated carbocycles. The van der Waals surface area contributed by atoms with Gasteiger partial charge in [-0.3, -0.25) is 0 Å². The standard InChI is InChI=1S/C11H8ClFN2O/c12-9-6-8(1-2-10(9)13)16-11-5-7(14)3-4-15-11/h1-6H,(H2,14,15). The Morgan fingerprint density at radius 2 is 2.06 bits per heavy atom. The van der Waals surface area contributed by atoms with Gasteiger partial charge in [0.2, 0.25) is 5.88 Å².